The van der Waals surface area contributed by atoms with Gasteiger partial charge in [0.1, 0.15) is 0 Å². The van der Waals surface area contributed by atoms with Gasteiger partial charge in [0.25, 0.3) is 0 Å². The summed E-state index contributed by atoms with van der Waals surface area (Å²) in [5, 5.41) is 0. The molecule has 0 amide bonds. The maximum absolute atomic E-state index is 9.52. The molecule has 1 radical (unpaired) electrons. The minimum absolute atomic E-state index is 0.974. The van der Waals surface area contributed by atoms with Crippen molar-refractivity contribution in [3.05, 3.63) is 11.8 Å². The average molecular weight is 127 g/mol. The van der Waals surface area contributed by atoms with E-state index in [0.29, 0.717) is 0 Å². The summed E-state index contributed by atoms with van der Waals surface area (Å²) in [5.74, 6) is 0. The molecule has 0 fully saturated rings. The van der Waals surface area contributed by atoms with Gasteiger partial charge in [0, 0.05) is 0 Å². The van der Waals surface area contributed by atoms with Crippen molar-refractivity contribution in [1.29, 1.82) is 0 Å². The van der Waals surface area contributed by atoms with Crippen LogP contribution in [0.3, 0.4) is 0 Å². The molecule has 2 nitrogen and oxygen atoms in total. The predicted octanol–water partition coefficient (Wildman–Crippen LogP) is 1.77. The van der Waals surface area contributed by atoms with Gasteiger partial charge in [-0.3, -0.25) is 0 Å². The van der Waals surface area contributed by atoms with Crippen LogP contribution in [0.15, 0.2) is 11.8 Å². The topological polar surface area (TPSA) is 26.3 Å². The second kappa shape index (κ2) is 5.35. The molecule has 0 unspecified atom stereocenters. The number of carbonyl (C=O) groups excluding carboxylic acids is 1. The molecule has 2 heteroatoms. The molecule has 0 saturated carbocycles. The summed E-state index contributed by atoms with van der Waals surface area (Å²) >= 11 is 0. The number of ether oxygens (including phenoxy) is 1. The summed E-state index contributed by atoms with van der Waals surface area (Å²) in [6, 6.07) is 0. The first-order valence-corrected chi connectivity index (χ1v) is 2.99. The minimum atomic E-state index is 0.974. The Morgan fingerprint density at radius 3 is 2.89 bits per heavy atom. The molecule has 9 heavy (non-hydrogen) atoms. The van der Waals surface area contributed by atoms with E-state index < -0.39 is 0 Å². The summed E-state index contributed by atoms with van der Waals surface area (Å²) < 4.78 is 4.28. The van der Waals surface area contributed by atoms with Crippen LogP contribution in [0.25, 0.3) is 0 Å². The highest BCUT2D eigenvalue weighted by molar-refractivity contribution is 5.39. The Hall–Kier alpha value is -0.790. The van der Waals surface area contributed by atoms with Crippen molar-refractivity contribution in [2.24, 2.45) is 0 Å². The highest BCUT2D eigenvalue weighted by Gasteiger charge is 1.85. The third-order valence-electron chi connectivity index (χ3n) is 0.953. The zero-order valence-corrected chi connectivity index (χ0v) is 5.81. The van der Waals surface area contributed by atoms with Gasteiger partial charge < -0.3 is 4.74 Å². The van der Waals surface area contributed by atoms with Crippen LogP contribution in [-0.4, -0.2) is 6.47 Å². The predicted molar refractivity (Wildman–Crippen MR) is 35.4 cm³/mol. The van der Waals surface area contributed by atoms with Crippen LogP contribution in [0, 0.1) is 0 Å². The Kier molecular flexibility index (Phi) is 4.88. The highest BCUT2D eigenvalue weighted by atomic mass is 16.5. The summed E-state index contributed by atoms with van der Waals surface area (Å²) in [6.45, 7) is 5.32. The SMILES string of the molecule is CCC/C(C)=C/O[C]=O. The number of rotatable bonds is 4. The lowest BCUT2D eigenvalue weighted by atomic mass is 10.2. The minimum Gasteiger partial charge on any atom is -0.426 e. The first-order chi connectivity index (χ1) is 4.31. The zero-order valence-electron chi connectivity index (χ0n) is 5.81. The average Bonchev–Trinajstić information content (AvgIpc) is 1.85. The Bertz CT molecular complexity index is 105. The third-order valence-corrected chi connectivity index (χ3v) is 0.953. The van der Waals surface area contributed by atoms with E-state index >= 15 is 0 Å². The summed E-state index contributed by atoms with van der Waals surface area (Å²) in [4.78, 5) is 9.52. The van der Waals surface area contributed by atoms with Gasteiger partial charge in [-0.25, -0.2) is 4.79 Å². The second-order valence-corrected chi connectivity index (χ2v) is 1.92. The molecule has 0 aromatic carbocycles. The van der Waals surface area contributed by atoms with Crippen LogP contribution in [0.5, 0.6) is 0 Å². The molecular formula is C7H11O2. The molecule has 0 heterocycles. The van der Waals surface area contributed by atoms with Gasteiger partial charge >= 0.3 is 6.47 Å². The lowest BCUT2D eigenvalue weighted by Gasteiger charge is -1.92. The fourth-order valence-corrected chi connectivity index (χ4v) is 0.578. The van der Waals surface area contributed by atoms with Crippen LogP contribution >= 0.6 is 0 Å². The Balaban J connectivity index is 3.42. The van der Waals surface area contributed by atoms with Crippen molar-refractivity contribution < 1.29 is 9.53 Å². The maximum Gasteiger partial charge on any atom is 0.422 e. The zero-order chi connectivity index (χ0) is 7.11. The van der Waals surface area contributed by atoms with Gasteiger partial charge in [-0.1, -0.05) is 13.3 Å². The standard InChI is InChI=1S/C7H11O2/c1-3-4-7(2)5-9-6-8/h5H,3-4H2,1-2H3/b7-5+. The lowest BCUT2D eigenvalue weighted by molar-refractivity contribution is 0.394. The third kappa shape index (κ3) is 5.07. The van der Waals surface area contributed by atoms with Crippen LogP contribution in [-0.2, 0) is 9.53 Å². The van der Waals surface area contributed by atoms with Crippen molar-refractivity contribution in [3.63, 3.8) is 0 Å². The van der Waals surface area contributed by atoms with E-state index in [1.807, 2.05) is 6.92 Å². The first-order valence-electron chi connectivity index (χ1n) is 2.99. The van der Waals surface area contributed by atoms with Crippen molar-refractivity contribution in [3.8, 4) is 0 Å². The Morgan fingerprint density at radius 2 is 2.44 bits per heavy atom. The number of hydrogen-bond donors (Lipinski definition) is 0. The normalized spacial score (nSPS) is 11.1. The summed E-state index contributed by atoms with van der Waals surface area (Å²) in [5.41, 5.74) is 1.07. The van der Waals surface area contributed by atoms with Crippen molar-refractivity contribution in [2.75, 3.05) is 0 Å². The molecule has 0 aromatic rings. The van der Waals surface area contributed by atoms with Crippen molar-refractivity contribution in [2.45, 2.75) is 26.7 Å². The molecule has 0 rings (SSSR count). The monoisotopic (exact) mass is 127 g/mol. The van der Waals surface area contributed by atoms with Crippen molar-refractivity contribution in [1.82, 2.24) is 0 Å². The summed E-state index contributed by atoms with van der Waals surface area (Å²) in [7, 11) is 0. The van der Waals surface area contributed by atoms with E-state index in [9.17, 15) is 4.79 Å². The van der Waals surface area contributed by atoms with Gasteiger partial charge in [-0.15, -0.1) is 0 Å². The Morgan fingerprint density at radius 1 is 1.78 bits per heavy atom. The molecule has 0 aromatic heterocycles. The van der Waals surface area contributed by atoms with E-state index in [0.717, 1.165) is 18.4 Å². The fraction of sp³-hybridized carbons (Fsp3) is 0.571. The van der Waals surface area contributed by atoms with E-state index in [4.69, 9.17) is 0 Å². The Labute approximate surface area is 55.5 Å². The van der Waals surface area contributed by atoms with Gasteiger partial charge in [0.05, 0.1) is 6.26 Å². The first kappa shape index (κ1) is 8.21. The van der Waals surface area contributed by atoms with Crippen molar-refractivity contribution >= 4 is 6.47 Å². The fourth-order valence-electron chi connectivity index (χ4n) is 0.578. The van der Waals surface area contributed by atoms with Crippen LogP contribution in [0.2, 0.25) is 0 Å². The molecule has 0 N–H and O–H groups in total. The quantitative estimate of drug-likeness (QED) is 0.538. The van der Waals surface area contributed by atoms with E-state index in [1.54, 1.807) is 0 Å². The van der Waals surface area contributed by atoms with Gasteiger partial charge in [0.15, 0.2) is 0 Å². The maximum atomic E-state index is 9.52. The second-order valence-electron chi connectivity index (χ2n) is 1.92. The molecule has 0 atom stereocenters. The van der Waals surface area contributed by atoms with E-state index in [2.05, 4.69) is 11.7 Å². The molecule has 0 spiro atoms. The van der Waals surface area contributed by atoms with Gasteiger partial charge in [0.2, 0.25) is 0 Å². The largest absolute Gasteiger partial charge is 0.426 e. The molecule has 0 aliphatic carbocycles. The van der Waals surface area contributed by atoms with Gasteiger partial charge in [-0.2, -0.15) is 0 Å². The van der Waals surface area contributed by atoms with Crippen LogP contribution in [0.4, 0.5) is 0 Å². The van der Waals surface area contributed by atoms with Gasteiger partial charge in [-0.05, 0) is 18.9 Å². The van der Waals surface area contributed by atoms with E-state index in [1.165, 1.54) is 12.7 Å². The van der Waals surface area contributed by atoms with Crippen LogP contribution in [0.1, 0.15) is 26.7 Å². The molecule has 51 valence electrons. The molecular weight excluding hydrogens is 116 g/mol. The van der Waals surface area contributed by atoms with E-state index in [-0.39, 0.29) is 0 Å². The molecule has 0 saturated heterocycles. The highest BCUT2D eigenvalue weighted by Crippen LogP contribution is 2.01. The lowest BCUT2D eigenvalue weighted by Crippen LogP contribution is -1.79. The molecule has 0 bridgehead atoms. The molecule has 0 aliphatic rings. The summed E-state index contributed by atoms with van der Waals surface area (Å²) in [6.07, 6.45) is 3.47. The number of allylic oxidation sites excluding steroid dienone is 1. The van der Waals surface area contributed by atoms with Crippen LogP contribution < -0.4 is 0 Å². The number of hydrogen-bond acceptors (Lipinski definition) is 2. The molecule has 0 aliphatic heterocycles. The smallest absolute Gasteiger partial charge is 0.422 e.